The van der Waals surface area contributed by atoms with Crippen LogP contribution in [-0.4, -0.2) is 23.7 Å². The van der Waals surface area contributed by atoms with Gasteiger partial charge in [0.25, 0.3) is 0 Å². The molecule has 1 atom stereocenters. The van der Waals surface area contributed by atoms with E-state index < -0.39 is 6.10 Å². The Labute approximate surface area is 82.8 Å². The summed E-state index contributed by atoms with van der Waals surface area (Å²) in [5, 5.41) is 13.9. The lowest BCUT2D eigenvalue weighted by atomic mass is 10.1. The number of aromatic amines is 1. The molecular weight excluding hydrogens is 176 g/mol. The molecule has 0 aliphatic rings. The number of benzene rings is 1. The summed E-state index contributed by atoms with van der Waals surface area (Å²) in [7, 11) is 1.83. The van der Waals surface area contributed by atoms with Crippen LogP contribution in [0.5, 0.6) is 0 Å². The van der Waals surface area contributed by atoms with Gasteiger partial charge in [0.15, 0.2) is 0 Å². The molecule has 2 aromatic rings. The predicted molar refractivity (Wildman–Crippen MR) is 57.2 cm³/mol. The van der Waals surface area contributed by atoms with Gasteiger partial charge in [0.05, 0.1) is 6.10 Å². The molecule has 1 aromatic carbocycles. The molecule has 0 amide bonds. The molecule has 1 aromatic heterocycles. The third kappa shape index (κ3) is 1.64. The second kappa shape index (κ2) is 3.82. The first-order valence-electron chi connectivity index (χ1n) is 4.71. The van der Waals surface area contributed by atoms with Crippen molar-refractivity contribution in [3.05, 3.63) is 36.0 Å². The molecule has 1 heterocycles. The van der Waals surface area contributed by atoms with Crippen LogP contribution >= 0.6 is 0 Å². The Morgan fingerprint density at radius 3 is 3.07 bits per heavy atom. The van der Waals surface area contributed by atoms with Gasteiger partial charge in [-0.05, 0) is 30.1 Å². The van der Waals surface area contributed by atoms with E-state index in [9.17, 15) is 5.11 Å². The normalized spacial score (nSPS) is 13.3. The standard InChI is InChI=1S/C11H14N2O/c1-12-7-11(14)9-3-2-8-4-5-13-10(8)6-9/h2-6,11-14H,7H2,1H3. The van der Waals surface area contributed by atoms with Crippen molar-refractivity contribution in [2.24, 2.45) is 0 Å². The largest absolute Gasteiger partial charge is 0.387 e. The lowest BCUT2D eigenvalue weighted by molar-refractivity contribution is 0.178. The van der Waals surface area contributed by atoms with E-state index in [2.05, 4.69) is 10.3 Å². The van der Waals surface area contributed by atoms with Gasteiger partial charge < -0.3 is 15.4 Å². The summed E-state index contributed by atoms with van der Waals surface area (Å²) in [5.74, 6) is 0. The van der Waals surface area contributed by atoms with Gasteiger partial charge in [0.1, 0.15) is 0 Å². The first kappa shape index (κ1) is 9.24. The average Bonchev–Trinajstić information content (AvgIpc) is 2.64. The van der Waals surface area contributed by atoms with E-state index in [0.29, 0.717) is 6.54 Å². The number of nitrogens with one attached hydrogen (secondary N) is 2. The molecule has 0 saturated heterocycles. The maximum Gasteiger partial charge on any atom is 0.0915 e. The van der Waals surface area contributed by atoms with Gasteiger partial charge in [-0.25, -0.2) is 0 Å². The van der Waals surface area contributed by atoms with Gasteiger partial charge >= 0.3 is 0 Å². The van der Waals surface area contributed by atoms with Crippen molar-refractivity contribution in [1.82, 2.24) is 10.3 Å². The summed E-state index contributed by atoms with van der Waals surface area (Å²) in [4.78, 5) is 3.13. The monoisotopic (exact) mass is 190 g/mol. The topological polar surface area (TPSA) is 48.0 Å². The molecule has 1 unspecified atom stereocenters. The number of hydrogen-bond acceptors (Lipinski definition) is 2. The van der Waals surface area contributed by atoms with Crippen molar-refractivity contribution in [2.75, 3.05) is 13.6 Å². The maximum absolute atomic E-state index is 9.74. The Bertz CT molecular complexity index is 422. The zero-order valence-electron chi connectivity index (χ0n) is 8.12. The molecule has 3 heteroatoms. The third-order valence-electron chi connectivity index (χ3n) is 2.36. The fourth-order valence-electron chi connectivity index (χ4n) is 1.58. The molecule has 0 radical (unpaired) electrons. The van der Waals surface area contributed by atoms with E-state index in [1.54, 1.807) is 0 Å². The highest BCUT2D eigenvalue weighted by molar-refractivity contribution is 5.79. The van der Waals surface area contributed by atoms with Crippen LogP contribution in [-0.2, 0) is 0 Å². The average molecular weight is 190 g/mol. The first-order chi connectivity index (χ1) is 6.81. The zero-order valence-corrected chi connectivity index (χ0v) is 8.12. The minimum atomic E-state index is -0.437. The van der Waals surface area contributed by atoms with Gasteiger partial charge in [-0.3, -0.25) is 0 Å². The molecular formula is C11H14N2O. The highest BCUT2D eigenvalue weighted by atomic mass is 16.3. The molecule has 14 heavy (non-hydrogen) atoms. The minimum Gasteiger partial charge on any atom is -0.387 e. The predicted octanol–water partition coefficient (Wildman–Crippen LogP) is 1.42. The van der Waals surface area contributed by atoms with Gasteiger partial charge in [-0.2, -0.15) is 0 Å². The van der Waals surface area contributed by atoms with E-state index in [1.807, 2.05) is 37.5 Å². The summed E-state index contributed by atoms with van der Waals surface area (Å²) in [5.41, 5.74) is 2.01. The molecule has 74 valence electrons. The van der Waals surface area contributed by atoms with Gasteiger partial charge in [-0.1, -0.05) is 12.1 Å². The van der Waals surface area contributed by atoms with Crippen LogP contribution in [0.1, 0.15) is 11.7 Å². The maximum atomic E-state index is 9.74. The Morgan fingerprint density at radius 1 is 1.43 bits per heavy atom. The summed E-state index contributed by atoms with van der Waals surface area (Å²) >= 11 is 0. The quantitative estimate of drug-likeness (QED) is 0.685. The number of aliphatic hydroxyl groups is 1. The molecule has 2 rings (SSSR count). The van der Waals surface area contributed by atoms with Crippen LogP contribution in [0.2, 0.25) is 0 Å². The second-order valence-corrected chi connectivity index (χ2v) is 3.40. The zero-order chi connectivity index (χ0) is 9.97. The number of aromatic nitrogens is 1. The minimum absolute atomic E-state index is 0.437. The first-order valence-corrected chi connectivity index (χ1v) is 4.71. The van der Waals surface area contributed by atoms with Crippen molar-refractivity contribution in [1.29, 1.82) is 0 Å². The Balaban J connectivity index is 2.33. The fraction of sp³-hybridized carbons (Fsp3) is 0.273. The van der Waals surface area contributed by atoms with Crippen molar-refractivity contribution >= 4 is 10.9 Å². The van der Waals surface area contributed by atoms with Crippen LogP contribution in [0.15, 0.2) is 30.5 Å². The third-order valence-corrected chi connectivity index (χ3v) is 2.36. The molecule has 0 fully saturated rings. The van der Waals surface area contributed by atoms with Crippen LogP contribution in [0.4, 0.5) is 0 Å². The summed E-state index contributed by atoms with van der Waals surface area (Å²) in [6, 6.07) is 7.97. The Morgan fingerprint density at radius 2 is 2.29 bits per heavy atom. The lowest BCUT2D eigenvalue weighted by Crippen LogP contribution is -2.16. The second-order valence-electron chi connectivity index (χ2n) is 3.40. The van der Waals surface area contributed by atoms with Crippen molar-refractivity contribution in [2.45, 2.75) is 6.10 Å². The summed E-state index contributed by atoms with van der Waals surface area (Å²) in [6.45, 7) is 0.576. The molecule has 3 N–H and O–H groups in total. The molecule has 0 bridgehead atoms. The smallest absolute Gasteiger partial charge is 0.0915 e. The SMILES string of the molecule is CNCC(O)c1ccc2cc[nH]c2c1. The Hall–Kier alpha value is -1.32. The van der Waals surface area contributed by atoms with E-state index >= 15 is 0 Å². The highest BCUT2D eigenvalue weighted by Gasteiger charge is 2.06. The van der Waals surface area contributed by atoms with Crippen LogP contribution in [0.25, 0.3) is 10.9 Å². The van der Waals surface area contributed by atoms with Crippen molar-refractivity contribution in [3.63, 3.8) is 0 Å². The number of H-pyrrole nitrogens is 1. The van der Waals surface area contributed by atoms with E-state index in [-0.39, 0.29) is 0 Å². The number of hydrogen-bond donors (Lipinski definition) is 3. The fourth-order valence-corrected chi connectivity index (χ4v) is 1.58. The molecule has 0 saturated carbocycles. The summed E-state index contributed by atoms with van der Waals surface area (Å²) in [6.07, 6.45) is 1.46. The number of aliphatic hydroxyl groups excluding tert-OH is 1. The summed E-state index contributed by atoms with van der Waals surface area (Å²) < 4.78 is 0. The van der Waals surface area contributed by atoms with Crippen molar-refractivity contribution < 1.29 is 5.11 Å². The lowest BCUT2D eigenvalue weighted by Gasteiger charge is -2.09. The van der Waals surface area contributed by atoms with Crippen LogP contribution < -0.4 is 5.32 Å². The van der Waals surface area contributed by atoms with Gasteiger partial charge in [0, 0.05) is 18.3 Å². The molecule has 0 aliphatic carbocycles. The Kier molecular flexibility index (Phi) is 2.52. The molecule has 0 spiro atoms. The highest BCUT2D eigenvalue weighted by Crippen LogP contribution is 2.18. The van der Waals surface area contributed by atoms with Gasteiger partial charge in [-0.15, -0.1) is 0 Å². The van der Waals surface area contributed by atoms with Crippen LogP contribution in [0, 0.1) is 0 Å². The number of rotatable bonds is 3. The number of likely N-dealkylation sites (N-methyl/N-ethyl adjacent to an activating group) is 1. The molecule has 3 nitrogen and oxygen atoms in total. The molecule has 0 aliphatic heterocycles. The van der Waals surface area contributed by atoms with E-state index in [0.717, 1.165) is 11.1 Å². The van der Waals surface area contributed by atoms with Crippen molar-refractivity contribution in [3.8, 4) is 0 Å². The van der Waals surface area contributed by atoms with Gasteiger partial charge in [0.2, 0.25) is 0 Å². The van der Waals surface area contributed by atoms with E-state index in [1.165, 1.54) is 5.39 Å². The van der Waals surface area contributed by atoms with Crippen LogP contribution in [0.3, 0.4) is 0 Å². The number of fused-ring (bicyclic) bond motifs is 1. The van der Waals surface area contributed by atoms with E-state index in [4.69, 9.17) is 0 Å².